The van der Waals surface area contributed by atoms with Crippen molar-refractivity contribution >= 4 is 21.9 Å². The number of aryl methyl sites for hydroxylation is 1. The van der Waals surface area contributed by atoms with Crippen LogP contribution >= 0.6 is 0 Å². The summed E-state index contributed by atoms with van der Waals surface area (Å²) in [5, 5.41) is 0. The molecule has 0 aliphatic carbocycles. The molecular weight excluding hydrogens is 534 g/mol. The second-order valence-corrected chi connectivity index (χ2v) is 12.1. The van der Waals surface area contributed by atoms with E-state index >= 15 is 0 Å². The van der Waals surface area contributed by atoms with Crippen molar-refractivity contribution in [3.8, 4) is 23.0 Å². The molecule has 0 radical (unpaired) electrons. The molecule has 212 valence electrons. The summed E-state index contributed by atoms with van der Waals surface area (Å²) >= 11 is 0. The molecule has 0 aromatic heterocycles. The maximum absolute atomic E-state index is 13.0. The summed E-state index contributed by atoms with van der Waals surface area (Å²) in [5.41, 5.74) is 2.38. The van der Waals surface area contributed by atoms with Gasteiger partial charge in [-0.15, -0.1) is 0 Å². The second kappa shape index (κ2) is 11.6. The highest BCUT2D eigenvalue weighted by atomic mass is 32.2. The molecule has 4 rings (SSSR count). The summed E-state index contributed by atoms with van der Waals surface area (Å²) < 4.78 is 50.3. The van der Waals surface area contributed by atoms with Gasteiger partial charge in [0.05, 0.1) is 24.0 Å². The highest BCUT2D eigenvalue weighted by Gasteiger charge is 2.27. The van der Waals surface area contributed by atoms with E-state index in [1.165, 1.54) is 19.2 Å². The van der Waals surface area contributed by atoms with Crippen LogP contribution in [0, 0.1) is 0 Å². The van der Waals surface area contributed by atoms with E-state index in [4.69, 9.17) is 18.9 Å². The van der Waals surface area contributed by atoms with Gasteiger partial charge in [-0.05, 0) is 59.4 Å². The number of fused-ring (bicyclic) bond motifs is 1. The number of esters is 1. The van der Waals surface area contributed by atoms with Gasteiger partial charge in [-0.25, -0.2) is 17.9 Å². The number of carbonyl (C=O) groups is 2. The van der Waals surface area contributed by atoms with E-state index in [-0.39, 0.29) is 29.3 Å². The highest BCUT2D eigenvalue weighted by molar-refractivity contribution is 7.90. The molecule has 1 amide bonds. The fourth-order valence-electron chi connectivity index (χ4n) is 4.29. The van der Waals surface area contributed by atoms with Crippen LogP contribution in [0.2, 0.25) is 0 Å². The van der Waals surface area contributed by atoms with Crippen LogP contribution in [0.25, 0.3) is 0 Å². The first kappa shape index (κ1) is 28.9. The van der Waals surface area contributed by atoms with Crippen molar-refractivity contribution < 1.29 is 37.0 Å². The van der Waals surface area contributed by atoms with Crippen LogP contribution in [0.1, 0.15) is 61.2 Å². The Balaban J connectivity index is 1.61. The summed E-state index contributed by atoms with van der Waals surface area (Å²) in [6.07, 6.45) is 1.11. The molecule has 40 heavy (non-hydrogen) atoms. The van der Waals surface area contributed by atoms with Gasteiger partial charge >= 0.3 is 5.97 Å². The van der Waals surface area contributed by atoms with E-state index in [2.05, 4.69) is 4.72 Å². The Morgan fingerprint density at radius 2 is 1.70 bits per heavy atom. The zero-order valence-corrected chi connectivity index (χ0v) is 24.0. The van der Waals surface area contributed by atoms with Gasteiger partial charge in [-0.3, -0.25) is 4.79 Å². The molecule has 0 saturated carbocycles. The average Bonchev–Trinajstić information content (AvgIpc) is 3.39. The van der Waals surface area contributed by atoms with Gasteiger partial charge in [0.2, 0.25) is 18.4 Å². The number of nitrogens with one attached hydrogen (secondary N) is 1. The number of rotatable bonds is 9. The Hall–Kier alpha value is -4.05. The van der Waals surface area contributed by atoms with Crippen LogP contribution in [-0.4, -0.2) is 34.2 Å². The smallest absolute Gasteiger partial charge is 0.337 e. The number of hydrogen-bond acceptors (Lipinski definition) is 8. The van der Waals surface area contributed by atoms with E-state index < -0.39 is 21.9 Å². The van der Waals surface area contributed by atoms with Crippen LogP contribution in [0.15, 0.2) is 59.5 Å². The van der Waals surface area contributed by atoms with Crippen molar-refractivity contribution in [2.45, 2.75) is 57.3 Å². The van der Waals surface area contributed by atoms with Gasteiger partial charge in [0, 0.05) is 5.56 Å². The molecule has 0 saturated heterocycles. The van der Waals surface area contributed by atoms with Crippen molar-refractivity contribution in [1.29, 1.82) is 0 Å². The van der Waals surface area contributed by atoms with Gasteiger partial charge in [0.15, 0.2) is 11.5 Å². The third-order valence-corrected chi connectivity index (χ3v) is 7.81. The van der Waals surface area contributed by atoms with Crippen molar-refractivity contribution in [3.63, 3.8) is 0 Å². The van der Waals surface area contributed by atoms with Gasteiger partial charge in [-0.2, -0.15) is 0 Å². The van der Waals surface area contributed by atoms with E-state index in [0.717, 1.165) is 17.5 Å². The standard InChI is InChI=1S/C30H33NO8S/c1-6-7-19-16-21(29(33)36-5)9-14-24(19)39-27-20(8-15-25-28(27)38-18-37-25)17-26(32)31-40(34,35)23-12-10-22(11-13-23)30(2,3)4/h8-16H,6-7,17-18H2,1-5H3,(H,31,32). The predicted octanol–water partition coefficient (Wildman–Crippen LogP) is 5.29. The molecule has 1 aliphatic rings. The minimum atomic E-state index is -4.09. The quantitative estimate of drug-likeness (QED) is 0.347. The average molecular weight is 568 g/mol. The first-order valence-electron chi connectivity index (χ1n) is 12.9. The molecule has 0 bridgehead atoms. The van der Waals surface area contributed by atoms with Crippen LogP contribution < -0.4 is 18.9 Å². The zero-order chi connectivity index (χ0) is 29.1. The number of hydrogen-bond donors (Lipinski definition) is 1. The van der Waals surface area contributed by atoms with E-state index in [0.29, 0.717) is 34.8 Å². The van der Waals surface area contributed by atoms with Crippen LogP contribution in [0.4, 0.5) is 0 Å². The van der Waals surface area contributed by atoms with Gasteiger partial charge in [0.1, 0.15) is 5.75 Å². The summed E-state index contributed by atoms with van der Waals surface area (Å²) in [4.78, 5) is 25.0. The summed E-state index contributed by atoms with van der Waals surface area (Å²) in [6.45, 7) is 8.06. The van der Waals surface area contributed by atoms with E-state index in [1.807, 2.05) is 27.7 Å². The molecule has 0 atom stereocenters. The maximum atomic E-state index is 13.0. The lowest BCUT2D eigenvalue weighted by Crippen LogP contribution is -2.32. The van der Waals surface area contributed by atoms with Crippen molar-refractivity contribution in [1.82, 2.24) is 4.72 Å². The second-order valence-electron chi connectivity index (χ2n) is 10.4. The lowest BCUT2D eigenvalue weighted by Gasteiger charge is -2.19. The predicted molar refractivity (Wildman–Crippen MR) is 149 cm³/mol. The number of ether oxygens (including phenoxy) is 4. The molecule has 9 nitrogen and oxygen atoms in total. The molecule has 1 N–H and O–H groups in total. The summed E-state index contributed by atoms with van der Waals surface area (Å²) in [5.74, 6) is 0.248. The van der Waals surface area contributed by atoms with Crippen molar-refractivity contribution in [2.24, 2.45) is 0 Å². The van der Waals surface area contributed by atoms with Gasteiger partial charge in [-0.1, -0.05) is 52.3 Å². The Bertz CT molecular complexity index is 1520. The van der Waals surface area contributed by atoms with Crippen LogP contribution in [0.5, 0.6) is 23.0 Å². The third-order valence-electron chi connectivity index (χ3n) is 6.42. The lowest BCUT2D eigenvalue weighted by molar-refractivity contribution is -0.118. The molecule has 0 spiro atoms. The summed E-state index contributed by atoms with van der Waals surface area (Å²) in [7, 11) is -2.78. The van der Waals surface area contributed by atoms with Gasteiger partial charge in [0.25, 0.3) is 10.0 Å². The van der Waals surface area contributed by atoms with Crippen LogP contribution in [-0.2, 0) is 37.8 Å². The number of amides is 1. The topological polar surface area (TPSA) is 117 Å². The molecule has 1 heterocycles. The fourth-order valence-corrected chi connectivity index (χ4v) is 5.27. The Kier molecular flexibility index (Phi) is 8.39. The molecule has 1 aliphatic heterocycles. The molecule has 0 fully saturated rings. The maximum Gasteiger partial charge on any atom is 0.337 e. The minimum absolute atomic E-state index is 0.00841. The Labute approximate surface area is 234 Å². The highest BCUT2D eigenvalue weighted by Crippen LogP contribution is 2.46. The fraction of sp³-hybridized carbons (Fsp3) is 0.333. The van der Waals surface area contributed by atoms with Gasteiger partial charge < -0.3 is 18.9 Å². The van der Waals surface area contributed by atoms with Crippen molar-refractivity contribution in [2.75, 3.05) is 13.9 Å². The molecule has 3 aromatic carbocycles. The Morgan fingerprint density at radius 1 is 0.975 bits per heavy atom. The van der Waals surface area contributed by atoms with E-state index in [9.17, 15) is 18.0 Å². The van der Waals surface area contributed by atoms with Crippen LogP contribution in [0.3, 0.4) is 0 Å². The lowest BCUT2D eigenvalue weighted by atomic mass is 9.87. The molecule has 3 aromatic rings. The SMILES string of the molecule is CCCc1cc(C(=O)OC)ccc1Oc1c(CC(=O)NS(=O)(=O)c2ccc(C(C)(C)C)cc2)ccc2c1OCO2. The minimum Gasteiger partial charge on any atom is -0.465 e. The number of methoxy groups -OCH3 is 1. The molecular formula is C30H33NO8S. The first-order valence-corrected chi connectivity index (χ1v) is 14.4. The van der Waals surface area contributed by atoms with Crippen molar-refractivity contribution in [3.05, 3.63) is 76.9 Å². The summed E-state index contributed by atoms with van der Waals surface area (Å²) in [6, 6.07) is 14.7. The largest absolute Gasteiger partial charge is 0.465 e. The molecule has 0 unspecified atom stereocenters. The number of sulfonamides is 1. The number of carbonyl (C=O) groups excluding carboxylic acids is 2. The normalized spacial score (nSPS) is 12.6. The van der Waals surface area contributed by atoms with E-state index in [1.54, 1.807) is 42.5 Å². The first-order chi connectivity index (χ1) is 18.9. The number of benzene rings is 3. The third kappa shape index (κ3) is 6.39. The monoisotopic (exact) mass is 567 g/mol. The molecule has 10 heteroatoms. The Morgan fingerprint density at radius 3 is 2.35 bits per heavy atom. The zero-order valence-electron chi connectivity index (χ0n) is 23.2.